The number of hydrogen-bond donors (Lipinski definition) is 7. The van der Waals surface area contributed by atoms with Crippen LogP contribution < -0.4 is 4.74 Å². The minimum absolute atomic E-state index is 0.163. The first-order valence-electron chi connectivity index (χ1n) is 18.9. The Kier molecular flexibility index (Phi) is 16.2. The molecule has 2 aromatic carbocycles. The molecule has 0 spiro atoms. The number of benzene rings is 2. The molecule has 0 radical (unpaired) electrons. The largest absolute Gasteiger partial charge is 0.508 e. The summed E-state index contributed by atoms with van der Waals surface area (Å²) < 4.78 is 6.16. The highest BCUT2D eigenvalue weighted by molar-refractivity contribution is 5.75. The van der Waals surface area contributed by atoms with Gasteiger partial charge in [0.25, 0.3) is 0 Å². The molecule has 0 saturated carbocycles. The fraction of sp³-hybridized carbons (Fsp3) is 0.619. The number of aromatic hydroxyl groups is 3. The van der Waals surface area contributed by atoms with Crippen molar-refractivity contribution in [3.8, 4) is 23.0 Å². The predicted molar refractivity (Wildman–Crippen MR) is 204 cm³/mol. The van der Waals surface area contributed by atoms with Gasteiger partial charge in [0.1, 0.15) is 18.1 Å². The Morgan fingerprint density at radius 2 is 1.00 bits per heavy atom. The van der Waals surface area contributed by atoms with E-state index in [1.165, 1.54) is 6.07 Å². The summed E-state index contributed by atoms with van der Waals surface area (Å²) in [4.78, 5) is 47.5. The lowest BCUT2D eigenvalue weighted by molar-refractivity contribution is -0.150. The molecule has 1 unspecified atom stereocenters. The average Bonchev–Trinajstić information content (AvgIpc) is 3.07. The van der Waals surface area contributed by atoms with Gasteiger partial charge < -0.3 is 40.5 Å². The van der Waals surface area contributed by atoms with Crippen molar-refractivity contribution in [3.63, 3.8) is 0 Å². The van der Waals surface area contributed by atoms with Crippen LogP contribution in [0.2, 0.25) is 0 Å². The van der Waals surface area contributed by atoms with Gasteiger partial charge in [0.2, 0.25) is 0 Å². The van der Waals surface area contributed by atoms with Gasteiger partial charge in [-0.1, -0.05) is 25.0 Å². The maximum atomic E-state index is 12.6. The van der Waals surface area contributed by atoms with Crippen molar-refractivity contribution in [2.45, 2.75) is 138 Å². The summed E-state index contributed by atoms with van der Waals surface area (Å²) in [5.41, 5.74) is -1.59. The zero-order chi connectivity index (χ0) is 41.1. The lowest BCUT2D eigenvalue weighted by atomic mass is 9.84. The van der Waals surface area contributed by atoms with Crippen molar-refractivity contribution in [2.24, 2.45) is 21.7 Å². The van der Waals surface area contributed by atoms with E-state index in [4.69, 9.17) is 4.74 Å². The Bertz CT molecular complexity index is 1620. The van der Waals surface area contributed by atoms with Crippen LogP contribution in [0.1, 0.15) is 135 Å². The first kappa shape index (κ1) is 45.7. The SMILES string of the molecule is CC(C)(CCCCc1cccc(O)c1CCCCC(C)(COc1cc(O)c(O)c(CCCC(C)(C)C(=O)O)c1CCCC(C)(C)C(=O)O)C(=O)O)C(=O)O. The Balaban J connectivity index is 2.23. The molecule has 0 aliphatic heterocycles. The third-order valence-corrected chi connectivity index (χ3v) is 10.9. The van der Waals surface area contributed by atoms with Crippen LogP contribution >= 0.6 is 0 Å². The van der Waals surface area contributed by atoms with E-state index in [1.807, 2.05) is 6.07 Å². The summed E-state index contributed by atoms with van der Waals surface area (Å²) in [6.45, 7) is 11.1. The van der Waals surface area contributed by atoms with Gasteiger partial charge in [-0.2, -0.15) is 0 Å². The summed E-state index contributed by atoms with van der Waals surface area (Å²) in [5.74, 6) is -4.36. The van der Waals surface area contributed by atoms with Crippen LogP contribution in [0.15, 0.2) is 24.3 Å². The smallest absolute Gasteiger partial charge is 0.312 e. The molecule has 12 heteroatoms. The van der Waals surface area contributed by atoms with Crippen LogP contribution in [-0.2, 0) is 44.9 Å². The monoisotopic (exact) mass is 758 g/mol. The number of phenols is 3. The second-order valence-electron chi connectivity index (χ2n) is 17.0. The minimum atomic E-state index is -1.35. The molecule has 2 rings (SSSR count). The van der Waals surface area contributed by atoms with Gasteiger partial charge in [-0.05, 0) is 143 Å². The summed E-state index contributed by atoms with van der Waals surface area (Å²) in [6, 6.07) is 6.58. The van der Waals surface area contributed by atoms with Crippen LogP contribution in [-0.4, -0.2) is 66.2 Å². The second-order valence-corrected chi connectivity index (χ2v) is 17.0. The molecule has 0 bridgehead atoms. The van der Waals surface area contributed by atoms with Crippen molar-refractivity contribution in [2.75, 3.05) is 6.61 Å². The molecule has 2 aromatic rings. The highest BCUT2D eigenvalue weighted by Crippen LogP contribution is 2.42. The molecule has 0 aromatic heterocycles. The molecule has 0 fully saturated rings. The number of aryl methyl sites for hydroxylation is 1. The maximum Gasteiger partial charge on any atom is 0.312 e. The standard InChI is InChI=1S/C42H62O12/c1-39(2,35(46)47)21-10-8-15-27-16-12-20-31(43)28(27)17-9-11-24-42(7,38(52)53)26-54-33-25-32(44)34(45)30(19-14-23-41(5,6)37(50)51)29(33)18-13-22-40(3,4)36(48)49/h12,16,20,25,43-45H,8-11,13-15,17-19,21-24,26H2,1-7H3,(H,46,47)(H,48,49)(H,50,51)(H,52,53). The Labute approximate surface area is 319 Å². The van der Waals surface area contributed by atoms with E-state index in [9.17, 15) is 54.9 Å². The van der Waals surface area contributed by atoms with Crippen molar-refractivity contribution in [3.05, 3.63) is 46.5 Å². The van der Waals surface area contributed by atoms with Gasteiger partial charge in [0, 0.05) is 17.2 Å². The molecule has 0 aliphatic carbocycles. The molecule has 7 N–H and O–H groups in total. The van der Waals surface area contributed by atoms with Crippen LogP contribution in [0.3, 0.4) is 0 Å². The lowest BCUT2D eigenvalue weighted by Gasteiger charge is -2.27. The molecule has 0 amide bonds. The highest BCUT2D eigenvalue weighted by atomic mass is 16.5. The fourth-order valence-electron chi connectivity index (χ4n) is 6.45. The number of ether oxygens (including phenoxy) is 1. The number of rotatable bonds is 25. The number of phenolic OH excluding ortho intramolecular Hbond substituents is 3. The molecule has 12 nitrogen and oxygen atoms in total. The molecule has 302 valence electrons. The zero-order valence-electron chi connectivity index (χ0n) is 33.1. The molecule has 0 saturated heterocycles. The molecular weight excluding hydrogens is 696 g/mol. The fourth-order valence-corrected chi connectivity index (χ4v) is 6.45. The van der Waals surface area contributed by atoms with E-state index in [2.05, 4.69) is 0 Å². The van der Waals surface area contributed by atoms with Gasteiger partial charge in [-0.3, -0.25) is 19.2 Å². The maximum absolute atomic E-state index is 12.6. The minimum Gasteiger partial charge on any atom is -0.508 e. The first-order chi connectivity index (χ1) is 24.9. The Morgan fingerprint density at radius 3 is 1.52 bits per heavy atom. The Hall–Kier alpha value is -4.48. The molecule has 0 heterocycles. The van der Waals surface area contributed by atoms with Crippen molar-refractivity contribution in [1.82, 2.24) is 0 Å². The number of carboxylic acids is 4. The van der Waals surface area contributed by atoms with Gasteiger partial charge in [0.15, 0.2) is 11.5 Å². The summed E-state index contributed by atoms with van der Waals surface area (Å²) in [5, 5.41) is 71.2. The Morgan fingerprint density at radius 1 is 0.537 bits per heavy atom. The van der Waals surface area contributed by atoms with E-state index in [0.29, 0.717) is 62.5 Å². The third-order valence-electron chi connectivity index (χ3n) is 10.9. The van der Waals surface area contributed by atoms with Crippen LogP contribution in [0.4, 0.5) is 0 Å². The van der Waals surface area contributed by atoms with Crippen LogP contribution in [0.25, 0.3) is 0 Å². The average molecular weight is 759 g/mol. The quantitative estimate of drug-likeness (QED) is 0.0375. The lowest BCUT2D eigenvalue weighted by Crippen LogP contribution is -2.34. The molecular formula is C42H62O12. The highest BCUT2D eigenvalue weighted by Gasteiger charge is 2.35. The normalized spacial score (nSPS) is 13.3. The van der Waals surface area contributed by atoms with E-state index in [-0.39, 0.29) is 49.5 Å². The topological polar surface area (TPSA) is 219 Å². The number of carbonyl (C=O) groups is 4. The second kappa shape index (κ2) is 19.2. The van der Waals surface area contributed by atoms with Crippen LogP contribution in [0.5, 0.6) is 23.0 Å². The third kappa shape index (κ3) is 12.8. The number of aliphatic carboxylic acids is 4. The van der Waals surface area contributed by atoms with Crippen LogP contribution in [0, 0.1) is 21.7 Å². The number of carboxylic acid groups (broad SMARTS) is 4. The predicted octanol–water partition coefficient (Wildman–Crippen LogP) is 8.38. The van der Waals surface area contributed by atoms with E-state index in [1.54, 1.807) is 60.6 Å². The number of unbranched alkanes of at least 4 members (excludes halogenated alkanes) is 2. The molecule has 0 aliphatic rings. The van der Waals surface area contributed by atoms with E-state index < -0.39 is 51.3 Å². The summed E-state index contributed by atoms with van der Waals surface area (Å²) >= 11 is 0. The van der Waals surface area contributed by atoms with Gasteiger partial charge >= 0.3 is 23.9 Å². The molecule has 1 atom stereocenters. The van der Waals surface area contributed by atoms with Gasteiger partial charge in [-0.25, -0.2) is 0 Å². The van der Waals surface area contributed by atoms with E-state index in [0.717, 1.165) is 24.0 Å². The molecule has 54 heavy (non-hydrogen) atoms. The van der Waals surface area contributed by atoms with Gasteiger partial charge in [-0.15, -0.1) is 0 Å². The first-order valence-corrected chi connectivity index (χ1v) is 18.9. The summed E-state index contributed by atoms with van der Waals surface area (Å²) in [6.07, 6.45) is 6.31. The van der Waals surface area contributed by atoms with Gasteiger partial charge in [0.05, 0.1) is 21.7 Å². The van der Waals surface area contributed by atoms with Crippen molar-refractivity contribution < 1.29 is 59.7 Å². The number of hydrogen-bond acceptors (Lipinski definition) is 8. The zero-order valence-corrected chi connectivity index (χ0v) is 33.1. The van der Waals surface area contributed by atoms with Crippen molar-refractivity contribution >= 4 is 23.9 Å². The summed E-state index contributed by atoms with van der Waals surface area (Å²) in [7, 11) is 0. The van der Waals surface area contributed by atoms with E-state index >= 15 is 0 Å². The van der Waals surface area contributed by atoms with Crippen molar-refractivity contribution in [1.29, 1.82) is 0 Å².